The summed E-state index contributed by atoms with van der Waals surface area (Å²) in [5.74, 6) is 1.86. The van der Waals surface area contributed by atoms with Crippen LogP contribution in [0.2, 0.25) is 0 Å². The first-order chi connectivity index (χ1) is 27.8. The molecule has 0 N–H and O–H groups in total. The first-order valence-corrected chi connectivity index (χ1v) is 19.0. The molecule has 2 aromatic heterocycles. The number of rotatable bonds is 4. The summed E-state index contributed by atoms with van der Waals surface area (Å²) >= 11 is 0. The van der Waals surface area contributed by atoms with Crippen molar-refractivity contribution in [1.29, 1.82) is 0 Å². The van der Waals surface area contributed by atoms with E-state index >= 15 is 0 Å². The number of aromatic nitrogens is 3. The number of nitrogens with zero attached hydrogens (tertiary/aromatic N) is 3. The molecule has 56 heavy (non-hydrogen) atoms. The largest absolute Gasteiger partial charge is 0.455 e. The molecular weight excluding hydrogens is 683 g/mol. The van der Waals surface area contributed by atoms with Crippen molar-refractivity contribution >= 4 is 21.9 Å². The van der Waals surface area contributed by atoms with Crippen LogP contribution in [0.15, 0.2) is 192 Å². The standard InChI is InChI=1S/C52H31N3O/c1-3-14-32(15-4-1)49-53-50(33-16-5-2-6-17-33)55-51(54-49)35-27-29-41-42-22-13-21-36(48(42)56-47(41)31-35)34-26-28-40-39-20-9-12-25-45(39)52(46(40)30-34)43-23-10-7-18-37(43)38-19-8-11-24-44(38)52/h1-31H. The van der Waals surface area contributed by atoms with Gasteiger partial charge in [0.05, 0.1) is 5.41 Å². The van der Waals surface area contributed by atoms with E-state index in [4.69, 9.17) is 19.4 Å². The molecule has 0 atom stereocenters. The number of hydrogen-bond acceptors (Lipinski definition) is 4. The molecule has 0 saturated carbocycles. The summed E-state index contributed by atoms with van der Waals surface area (Å²) in [6, 6.07) is 66.7. The molecule has 0 aliphatic heterocycles. The molecule has 12 rings (SSSR count). The van der Waals surface area contributed by atoms with E-state index < -0.39 is 5.41 Å². The highest BCUT2D eigenvalue weighted by Gasteiger charge is 2.51. The second kappa shape index (κ2) is 11.8. The normalized spacial score (nSPS) is 13.1. The van der Waals surface area contributed by atoms with Crippen LogP contribution in [0.25, 0.3) is 89.5 Å². The van der Waals surface area contributed by atoms with Crippen molar-refractivity contribution < 1.29 is 4.42 Å². The van der Waals surface area contributed by atoms with E-state index in [0.717, 1.165) is 49.8 Å². The minimum atomic E-state index is -0.409. The lowest BCUT2D eigenvalue weighted by Crippen LogP contribution is -2.25. The molecule has 260 valence electrons. The molecular formula is C52H31N3O. The Morgan fingerprint density at radius 3 is 1.39 bits per heavy atom. The van der Waals surface area contributed by atoms with Crippen LogP contribution in [-0.2, 0) is 5.41 Å². The molecule has 0 amide bonds. The van der Waals surface area contributed by atoms with Crippen molar-refractivity contribution in [2.45, 2.75) is 5.41 Å². The maximum atomic E-state index is 6.87. The third-order valence-corrected chi connectivity index (χ3v) is 11.8. The predicted molar refractivity (Wildman–Crippen MR) is 225 cm³/mol. The maximum Gasteiger partial charge on any atom is 0.164 e. The summed E-state index contributed by atoms with van der Waals surface area (Å²) in [4.78, 5) is 14.8. The monoisotopic (exact) mass is 713 g/mol. The lowest BCUT2D eigenvalue weighted by atomic mass is 9.70. The lowest BCUT2D eigenvalue weighted by molar-refractivity contribution is 0.670. The Bertz CT molecular complexity index is 3080. The summed E-state index contributed by atoms with van der Waals surface area (Å²) in [5.41, 5.74) is 16.7. The number of furan rings is 1. The molecule has 1 spiro atoms. The van der Waals surface area contributed by atoms with E-state index in [2.05, 4.69) is 127 Å². The zero-order valence-electron chi connectivity index (χ0n) is 30.1. The lowest BCUT2D eigenvalue weighted by Gasteiger charge is -2.30. The van der Waals surface area contributed by atoms with Crippen LogP contribution in [0.3, 0.4) is 0 Å². The van der Waals surface area contributed by atoms with E-state index in [1.165, 1.54) is 44.5 Å². The minimum absolute atomic E-state index is 0.409. The van der Waals surface area contributed by atoms with Gasteiger partial charge in [-0.3, -0.25) is 0 Å². The average Bonchev–Trinajstić information content (AvgIpc) is 3.90. The van der Waals surface area contributed by atoms with Gasteiger partial charge < -0.3 is 4.42 Å². The minimum Gasteiger partial charge on any atom is -0.455 e. The third-order valence-electron chi connectivity index (χ3n) is 11.8. The molecule has 10 aromatic rings. The Kier molecular flexibility index (Phi) is 6.52. The molecule has 0 fully saturated rings. The number of hydrogen-bond donors (Lipinski definition) is 0. The second-order valence-electron chi connectivity index (χ2n) is 14.7. The van der Waals surface area contributed by atoms with Crippen LogP contribution in [-0.4, -0.2) is 15.0 Å². The molecule has 2 aliphatic rings. The molecule has 2 heterocycles. The highest BCUT2D eigenvalue weighted by molar-refractivity contribution is 6.10. The van der Waals surface area contributed by atoms with Crippen LogP contribution >= 0.6 is 0 Å². The zero-order valence-corrected chi connectivity index (χ0v) is 30.1. The van der Waals surface area contributed by atoms with Crippen LogP contribution in [0, 0.1) is 0 Å². The van der Waals surface area contributed by atoms with Crippen molar-refractivity contribution in [3.05, 3.63) is 210 Å². The summed E-state index contributed by atoms with van der Waals surface area (Å²) < 4.78 is 6.87. The van der Waals surface area contributed by atoms with Gasteiger partial charge in [0, 0.05) is 33.0 Å². The summed E-state index contributed by atoms with van der Waals surface area (Å²) in [7, 11) is 0. The number of benzene rings is 8. The number of fused-ring (bicyclic) bond motifs is 13. The highest BCUT2D eigenvalue weighted by atomic mass is 16.3. The third kappa shape index (κ3) is 4.32. The van der Waals surface area contributed by atoms with Gasteiger partial charge in [-0.25, -0.2) is 15.0 Å². The van der Waals surface area contributed by atoms with Gasteiger partial charge in [-0.05, 0) is 68.3 Å². The molecule has 8 aromatic carbocycles. The van der Waals surface area contributed by atoms with Gasteiger partial charge in [0.15, 0.2) is 17.5 Å². The zero-order chi connectivity index (χ0) is 36.8. The fourth-order valence-corrected chi connectivity index (χ4v) is 9.36. The van der Waals surface area contributed by atoms with Gasteiger partial charge in [0.25, 0.3) is 0 Å². The summed E-state index contributed by atoms with van der Waals surface area (Å²) in [6.45, 7) is 0. The molecule has 4 heteroatoms. The van der Waals surface area contributed by atoms with Gasteiger partial charge in [-0.2, -0.15) is 0 Å². The summed E-state index contributed by atoms with van der Waals surface area (Å²) in [6.07, 6.45) is 0. The molecule has 0 saturated heterocycles. The Labute approximate surface area is 323 Å². The second-order valence-corrected chi connectivity index (χ2v) is 14.7. The highest BCUT2D eigenvalue weighted by Crippen LogP contribution is 2.63. The van der Waals surface area contributed by atoms with Gasteiger partial charge in [-0.15, -0.1) is 0 Å². The van der Waals surface area contributed by atoms with Crippen molar-refractivity contribution in [2.75, 3.05) is 0 Å². The Morgan fingerprint density at radius 1 is 0.321 bits per heavy atom. The molecule has 2 aliphatic carbocycles. The predicted octanol–water partition coefficient (Wildman–Crippen LogP) is 12.8. The van der Waals surface area contributed by atoms with Crippen molar-refractivity contribution in [1.82, 2.24) is 15.0 Å². The fraction of sp³-hybridized carbons (Fsp3) is 0.0192. The first kappa shape index (κ1) is 31.0. The van der Waals surface area contributed by atoms with Crippen LogP contribution < -0.4 is 0 Å². The Balaban J connectivity index is 1.03. The molecule has 4 nitrogen and oxygen atoms in total. The smallest absolute Gasteiger partial charge is 0.164 e. The molecule has 0 unspecified atom stereocenters. The van der Waals surface area contributed by atoms with E-state index in [9.17, 15) is 0 Å². The van der Waals surface area contributed by atoms with Crippen molar-refractivity contribution in [3.8, 4) is 67.5 Å². The summed E-state index contributed by atoms with van der Waals surface area (Å²) in [5, 5.41) is 2.12. The van der Waals surface area contributed by atoms with Crippen LogP contribution in [0.1, 0.15) is 22.3 Å². The average molecular weight is 714 g/mol. The van der Waals surface area contributed by atoms with Gasteiger partial charge in [0.2, 0.25) is 0 Å². The van der Waals surface area contributed by atoms with Gasteiger partial charge >= 0.3 is 0 Å². The van der Waals surface area contributed by atoms with Crippen molar-refractivity contribution in [3.63, 3.8) is 0 Å². The van der Waals surface area contributed by atoms with E-state index in [0.29, 0.717) is 17.5 Å². The topological polar surface area (TPSA) is 51.8 Å². The Hall–Kier alpha value is -7.43. The molecule has 0 bridgehead atoms. The van der Waals surface area contributed by atoms with Gasteiger partial charge in [-0.1, -0.05) is 170 Å². The number of para-hydroxylation sites is 1. The molecule has 0 radical (unpaired) electrons. The van der Waals surface area contributed by atoms with E-state index in [-0.39, 0.29) is 0 Å². The fourth-order valence-electron chi connectivity index (χ4n) is 9.36. The van der Waals surface area contributed by atoms with Gasteiger partial charge in [0.1, 0.15) is 11.2 Å². The van der Waals surface area contributed by atoms with E-state index in [1.54, 1.807) is 0 Å². The van der Waals surface area contributed by atoms with E-state index in [1.807, 2.05) is 60.7 Å². The van der Waals surface area contributed by atoms with Crippen LogP contribution in [0.4, 0.5) is 0 Å². The van der Waals surface area contributed by atoms with Crippen molar-refractivity contribution in [2.24, 2.45) is 0 Å². The quantitative estimate of drug-likeness (QED) is 0.182. The van der Waals surface area contributed by atoms with Crippen LogP contribution in [0.5, 0.6) is 0 Å². The first-order valence-electron chi connectivity index (χ1n) is 19.0. The maximum absolute atomic E-state index is 6.87. The SMILES string of the molecule is c1ccc(-c2nc(-c3ccccc3)nc(-c3ccc4c(c3)oc3c(-c5ccc6c(c5)C5(c7ccccc7-c7ccccc75)c5ccccc5-6)cccc34)n2)cc1. The Morgan fingerprint density at radius 2 is 0.804 bits per heavy atom.